The summed E-state index contributed by atoms with van der Waals surface area (Å²) in [6.07, 6.45) is 2.66. The lowest BCUT2D eigenvalue weighted by Crippen LogP contribution is -2.44. The molecule has 1 aliphatic rings. The minimum atomic E-state index is 0.122. The summed E-state index contributed by atoms with van der Waals surface area (Å²) in [5.74, 6) is 0.754. The van der Waals surface area contributed by atoms with Gasteiger partial charge in [0, 0.05) is 19.1 Å². The minimum Gasteiger partial charge on any atom is -0.392 e. The van der Waals surface area contributed by atoms with E-state index in [4.69, 9.17) is 0 Å². The first kappa shape index (κ1) is 15.5. The molecule has 3 nitrogen and oxygen atoms in total. The molecule has 0 spiro atoms. The third-order valence-corrected chi connectivity index (χ3v) is 4.50. The van der Waals surface area contributed by atoms with Crippen LogP contribution in [0.25, 0.3) is 0 Å². The first-order valence-corrected chi connectivity index (χ1v) is 7.87. The van der Waals surface area contributed by atoms with Gasteiger partial charge < -0.3 is 15.3 Å². The highest BCUT2D eigenvalue weighted by Crippen LogP contribution is 2.19. The molecule has 20 heavy (non-hydrogen) atoms. The summed E-state index contributed by atoms with van der Waals surface area (Å²) in [4.78, 5) is 2.55. The van der Waals surface area contributed by atoms with E-state index in [0.717, 1.165) is 18.0 Å². The van der Waals surface area contributed by atoms with Gasteiger partial charge in [0.15, 0.2) is 0 Å². The third-order valence-electron chi connectivity index (χ3n) is 4.50. The van der Waals surface area contributed by atoms with Crippen LogP contribution < -0.4 is 5.32 Å². The van der Waals surface area contributed by atoms with Crippen LogP contribution in [-0.2, 0) is 13.2 Å². The number of nitrogens with zero attached hydrogens (tertiary/aromatic N) is 1. The summed E-state index contributed by atoms with van der Waals surface area (Å²) in [5, 5.41) is 12.8. The van der Waals surface area contributed by atoms with E-state index >= 15 is 0 Å². The Morgan fingerprint density at radius 3 is 2.95 bits per heavy atom. The topological polar surface area (TPSA) is 35.5 Å². The van der Waals surface area contributed by atoms with Gasteiger partial charge in [-0.15, -0.1) is 0 Å². The first-order chi connectivity index (χ1) is 9.72. The van der Waals surface area contributed by atoms with Gasteiger partial charge in [-0.25, -0.2) is 0 Å². The Bertz CT molecular complexity index is 408. The Morgan fingerprint density at radius 2 is 2.20 bits per heavy atom. The fraction of sp³-hybridized carbons (Fsp3) is 0.647. The maximum Gasteiger partial charge on any atom is 0.0681 e. The standard InChI is InChI=1S/C17H28N2O/c1-3-19-9-5-8-17(12-19)14(2)18-11-15-6-4-7-16(10-15)13-20/h4,6-7,10,14,17-18,20H,3,5,8-9,11-13H2,1-2H3. The molecular formula is C17H28N2O. The van der Waals surface area contributed by atoms with Gasteiger partial charge in [-0.05, 0) is 49.9 Å². The molecule has 1 heterocycles. The molecule has 2 rings (SSSR count). The Hall–Kier alpha value is -0.900. The number of hydrogen-bond acceptors (Lipinski definition) is 3. The van der Waals surface area contributed by atoms with Gasteiger partial charge in [-0.1, -0.05) is 31.2 Å². The quantitative estimate of drug-likeness (QED) is 0.837. The first-order valence-electron chi connectivity index (χ1n) is 7.87. The van der Waals surface area contributed by atoms with Gasteiger partial charge in [0.05, 0.1) is 6.61 Å². The molecule has 0 bridgehead atoms. The molecule has 112 valence electrons. The van der Waals surface area contributed by atoms with Crippen molar-refractivity contribution < 1.29 is 5.11 Å². The highest BCUT2D eigenvalue weighted by molar-refractivity contribution is 5.22. The van der Waals surface area contributed by atoms with Crippen molar-refractivity contribution >= 4 is 0 Å². The fourth-order valence-corrected chi connectivity index (χ4v) is 3.07. The van der Waals surface area contributed by atoms with Gasteiger partial charge in [-0.2, -0.15) is 0 Å². The highest BCUT2D eigenvalue weighted by atomic mass is 16.3. The molecule has 1 fully saturated rings. The largest absolute Gasteiger partial charge is 0.392 e. The van der Waals surface area contributed by atoms with Crippen LogP contribution in [0.5, 0.6) is 0 Å². The van der Waals surface area contributed by atoms with E-state index < -0.39 is 0 Å². The molecule has 0 aromatic heterocycles. The van der Waals surface area contributed by atoms with Crippen LogP contribution in [-0.4, -0.2) is 35.7 Å². The third kappa shape index (κ3) is 4.30. The summed E-state index contributed by atoms with van der Waals surface area (Å²) in [5.41, 5.74) is 2.25. The van der Waals surface area contributed by atoms with Crippen molar-refractivity contribution in [1.82, 2.24) is 10.2 Å². The molecule has 1 aliphatic heterocycles. The molecule has 0 amide bonds. The second kappa shape index (κ2) is 7.77. The fourth-order valence-electron chi connectivity index (χ4n) is 3.07. The summed E-state index contributed by atoms with van der Waals surface area (Å²) >= 11 is 0. The smallest absolute Gasteiger partial charge is 0.0681 e. The zero-order valence-corrected chi connectivity index (χ0v) is 12.8. The zero-order chi connectivity index (χ0) is 14.4. The molecule has 1 aromatic carbocycles. The Morgan fingerprint density at radius 1 is 1.40 bits per heavy atom. The van der Waals surface area contributed by atoms with Crippen molar-refractivity contribution in [2.24, 2.45) is 5.92 Å². The number of benzene rings is 1. The lowest BCUT2D eigenvalue weighted by molar-refractivity contribution is 0.157. The minimum absolute atomic E-state index is 0.122. The number of piperidine rings is 1. The lowest BCUT2D eigenvalue weighted by atomic mass is 9.91. The number of rotatable bonds is 6. The van der Waals surface area contributed by atoms with Crippen molar-refractivity contribution in [2.75, 3.05) is 19.6 Å². The average Bonchev–Trinajstić information content (AvgIpc) is 2.52. The van der Waals surface area contributed by atoms with Crippen molar-refractivity contribution in [3.8, 4) is 0 Å². The molecule has 2 unspecified atom stereocenters. The molecule has 0 aliphatic carbocycles. The summed E-state index contributed by atoms with van der Waals surface area (Å²) in [6.45, 7) is 9.22. The number of nitrogens with one attached hydrogen (secondary N) is 1. The SMILES string of the molecule is CCN1CCCC(C(C)NCc2cccc(CO)c2)C1. The monoisotopic (exact) mass is 276 g/mol. The predicted molar refractivity (Wildman–Crippen MR) is 83.5 cm³/mol. The van der Waals surface area contributed by atoms with E-state index in [1.54, 1.807) is 0 Å². The van der Waals surface area contributed by atoms with Gasteiger partial charge in [0.25, 0.3) is 0 Å². The average molecular weight is 276 g/mol. The van der Waals surface area contributed by atoms with Crippen molar-refractivity contribution in [2.45, 2.75) is 45.9 Å². The van der Waals surface area contributed by atoms with Gasteiger partial charge in [0.2, 0.25) is 0 Å². The molecule has 0 saturated carbocycles. The van der Waals surface area contributed by atoms with Crippen LogP contribution in [0, 0.1) is 5.92 Å². The maximum absolute atomic E-state index is 9.17. The van der Waals surface area contributed by atoms with Gasteiger partial charge in [0.1, 0.15) is 0 Å². The van der Waals surface area contributed by atoms with Crippen LogP contribution in [0.2, 0.25) is 0 Å². The highest BCUT2D eigenvalue weighted by Gasteiger charge is 2.23. The predicted octanol–water partition coefficient (Wildman–Crippen LogP) is 2.39. The van der Waals surface area contributed by atoms with E-state index in [-0.39, 0.29) is 6.61 Å². The van der Waals surface area contributed by atoms with E-state index in [2.05, 4.69) is 36.2 Å². The van der Waals surface area contributed by atoms with Crippen molar-refractivity contribution in [3.05, 3.63) is 35.4 Å². The molecule has 2 atom stereocenters. The normalized spacial score (nSPS) is 21.9. The van der Waals surface area contributed by atoms with Crippen LogP contribution in [0.3, 0.4) is 0 Å². The number of aliphatic hydroxyl groups is 1. The molecule has 3 heteroatoms. The van der Waals surface area contributed by atoms with E-state index in [1.807, 2.05) is 12.1 Å². The van der Waals surface area contributed by atoms with Crippen LogP contribution >= 0.6 is 0 Å². The molecule has 2 N–H and O–H groups in total. The van der Waals surface area contributed by atoms with Crippen molar-refractivity contribution in [1.29, 1.82) is 0 Å². The summed E-state index contributed by atoms with van der Waals surface area (Å²) in [7, 11) is 0. The molecule has 1 saturated heterocycles. The number of aliphatic hydroxyl groups excluding tert-OH is 1. The lowest BCUT2D eigenvalue weighted by Gasteiger charge is -2.35. The summed E-state index contributed by atoms with van der Waals surface area (Å²) < 4.78 is 0. The van der Waals surface area contributed by atoms with Gasteiger partial charge in [-0.3, -0.25) is 0 Å². The molecular weight excluding hydrogens is 248 g/mol. The Balaban J connectivity index is 1.83. The number of likely N-dealkylation sites (tertiary alicyclic amines) is 1. The zero-order valence-electron chi connectivity index (χ0n) is 12.8. The molecule has 0 radical (unpaired) electrons. The Kier molecular flexibility index (Phi) is 6.02. The summed E-state index contributed by atoms with van der Waals surface area (Å²) in [6, 6.07) is 8.73. The molecule has 1 aromatic rings. The van der Waals surface area contributed by atoms with Gasteiger partial charge >= 0.3 is 0 Å². The van der Waals surface area contributed by atoms with Crippen molar-refractivity contribution in [3.63, 3.8) is 0 Å². The maximum atomic E-state index is 9.17. The second-order valence-corrected chi connectivity index (χ2v) is 5.94. The van der Waals surface area contributed by atoms with E-state index in [0.29, 0.717) is 6.04 Å². The van der Waals surface area contributed by atoms with Crippen LogP contribution in [0.15, 0.2) is 24.3 Å². The van der Waals surface area contributed by atoms with Crippen LogP contribution in [0.4, 0.5) is 0 Å². The second-order valence-electron chi connectivity index (χ2n) is 5.94. The van der Waals surface area contributed by atoms with E-state index in [1.165, 1.54) is 38.0 Å². The number of hydrogen-bond donors (Lipinski definition) is 2. The van der Waals surface area contributed by atoms with E-state index in [9.17, 15) is 5.11 Å². The Labute approximate surface area is 123 Å². The van der Waals surface area contributed by atoms with Crippen LogP contribution in [0.1, 0.15) is 37.8 Å².